The van der Waals surface area contributed by atoms with Crippen molar-refractivity contribution in [2.24, 2.45) is 0 Å². The smallest absolute Gasteiger partial charge is 0.348 e. The third-order valence-electron chi connectivity index (χ3n) is 4.94. The summed E-state index contributed by atoms with van der Waals surface area (Å²) in [5.41, 5.74) is 0.590. The van der Waals surface area contributed by atoms with Crippen LogP contribution >= 0.6 is 11.3 Å². The fourth-order valence-electron chi connectivity index (χ4n) is 3.42. The number of furan rings is 1. The minimum Gasteiger partial charge on any atom is -0.462 e. The summed E-state index contributed by atoms with van der Waals surface area (Å²) in [5.74, 6) is -0.763. The number of nitrogens with one attached hydrogen (secondary N) is 1. The number of nitrogens with zero attached hydrogens (tertiary/aromatic N) is 1. The van der Waals surface area contributed by atoms with Crippen LogP contribution in [0.3, 0.4) is 0 Å². The van der Waals surface area contributed by atoms with Gasteiger partial charge in [-0.25, -0.2) is 9.59 Å². The van der Waals surface area contributed by atoms with E-state index in [4.69, 9.17) is 13.9 Å². The minimum absolute atomic E-state index is 0.144. The normalized spacial score (nSPS) is 13.9. The number of hydrogen-bond donors (Lipinski definition) is 1. The van der Waals surface area contributed by atoms with Crippen molar-refractivity contribution < 1.29 is 28.3 Å². The Morgan fingerprint density at radius 3 is 2.55 bits per heavy atom. The van der Waals surface area contributed by atoms with Crippen molar-refractivity contribution in [3.05, 3.63) is 39.7 Å². The van der Waals surface area contributed by atoms with E-state index < -0.39 is 17.8 Å². The van der Waals surface area contributed by atoms with Gasteiger partial charge in [-0.3, -0.25) is 9.69 Å². The van der Waals surface area contributed by atoms with E-state index >= 15 is 0 Å². The van der Waals surface area contributed by atoms with E-state index in [9.17, 15) is 14.4 Å². The van der Waals surface area contributed by atoms with Gasteiger partial charge in [-0.05, 0) is 63.9 Å². The third-order valence-corrected chi connectivity index (χ3v) is 6.13. The molecule has 3 heterocycles. The zero-order valence-corrected chi connectivity index (χ0v) is 18.9. The molecule has 0 unspecified atom stereocenters. The van der Waals surface area contributed by atoms with Gasteiger partial charge in [0.05, 0.1) is 25.3 Å². The van der Waals surface area contributed by atoms with E-state index in [1.807, 2.05) is 6.92 Å². The predicted molar refractivity (Wildman–Crippen MR) is 117 cm³/mol. The predicted octanol–water partition coefficient (Wildman–Crippen LogP) is 4.24. The Morgan fingerprint density at radius 2 is 1.87 bits per heavy atom. The van der Waals surface area contributed by atoms with Gasteiger partial charge >= 0.3 is 11.9 Å². The van der Waals surface area contributed by atoms with Crippen LogP contribution in [0.15, 0.2) is 16.5 Å². The van der Waals surface area contributed by atoms with Gasteiger partial charge in [-0.15, -0.1) is 11.3 Å². The first-order valence-corrected chi connectivity index (χ1v) is 11.4. The minimum atomic E-state index is -0.587. The van der Waals surface area contributed by atoms with Crippen LogP contribution in [0.2, 0.25) is 0 Å². The summed E-state index contributed by atoms with van der Waals surface area (Å²) in [7, 11) is 0. The summed E-state index contributed by atoms with van der Waals surface area (Å²) >= 11 is 0.995. The van der Waals surface area contributed by atoms with E-state index in [0.717, 1.165) is 24.4 Å². The number of hydrogen-bond acceptors (Lipinski definition) is 8. The molecule has 1 saturated heterocycles. The van der Waals surface area contributed by atoms with Gasteiger partial charge in [-0.2, -0.15) is 0 Å². The number of ether oxygens (including phenoxy) is 2. The molecule has 3 rings (SSSR count). The number of carbonyl (C=O) groups excluding carboxylic acids is 3. The van der Waals surface area contributed by atoms with Crippen LogP contribution in [-0.4, -0.2) is 49.0 Å². The highest BCUT2D eigenvalue weighted by Gasteiger charge is 2.28. The molecule has 0 aromatic carbocycles. The first-order chi connectivity index (χ1) is 14.9. The van der Waals surface area contributed by atoms with Crippen molar-refractivity contribution in [1.29, 1.82) is 0 Å². The summed E-state index contributed by atoms with van der Waals surface area (Å²) < 4.78 is 16.0. The molecule has 9 heteroatoms. The first kappa shape index (κ1) is 23.0. The zero-order chi connectivity index (χ0) is 22.4. The van der Waals surface area contributed by atoms with Gasteiger partial charge in [0, 0.05) is 0 Å². The van der Waals surface area contributed by atoms with E-state index in [-0.39, 0.29) is 34.4 Å². The number of thiophene rings is 1. The highest BCUT2D eigenvalue weighted by Crippen LogP contribution is 2.35. The summed E-state index contributed by atoms with van der Waals surface area (Å²) in [6.45, 7) is 8.39. The van der Waals surface area contributed by atoms with Crippen molar-refractivity contribution in [3.8, 4) is 0 Å². The van der Waals surface area contributed by atoms with E-state index in [2.05, 4.69) is 10.2 Å². The Kier molecular flexibility index (Phi) is 7.86. The number of carbonyl (C=O) groups is 3. The van der Waals surface area contributed by atoms with Crippen LogP contribution in [0.1, 0.15) is 75.0 Å². The lowest BCUT2D eigenvalue weighted by Crippen LogP contribution is -2.18. The monoisotopic (exact) mass is 448 g/mol. The molecule has 168 valence electrons. The van der Waals surface area contributed by atoms with Crippen LogP contribution in [0.25, 0.3) is 0 Å². The van der Waals surface area contributed by atoms with Crippen molar-refractivity contribution in [1.82, 2.24) is 4.90 Å². The molecule has 0 atom stereocenters. The topological polar surface area (TPSA) is 98.1 Å². The molecule has 1 aliphatic rings. The fourth-order valence-corrected chi connectivity index (χ4v) is 4.50. The Hall–Kier alpha value is -2.65. The third kappa shape index (κ3) is 5.54. The Morgan fingerprint density at radius 1 is 1.13 bits per heavy atom. The van der Waals surface area contributed by atoms with Crippen molar-refractivity contribution in [2.45, 2.75) is 46.6 Å². The summed E-state index contributed by atoms with van der Waals surface area (Å²) in [6.07, 6.45) is 3.00. The van der Waals surface area contributed by atoms with Crippen LogP contribution in [-0.2, 0) is 16.0 Å². The van der Waals surface area contributed by atoms with Crippen molar-refractivity contribution in [3.63, 3.8) is 0 Å². The lowest BCUT2D eigenvalue weighted by molar-refractivity contribution is 0.0506. The van der Waals surface area contributed by atoms with Gasteiger partial charge in [-0.1, -0.05) is 6.92 Å². The van der Waals surface area contributed by atoms with Gasteiger partial charge in [0.1, 0.15) is 15.6 Å². The molecule has 0 radical (unpaired) electrons. The van der Waals surface area contributed by atoms with Crippen LogP contribution in [0.5, 0.6) is 0 Å². The second-order valence-corrected chi connectivity index (χ2v) is 8.34. The molecule has 0 bridgehead atoms. The standard InChI is InChI=1S/C22H28N2O6S/c1-4-12-29-21(26)17-14(3)18(22(27)28-5-2)31-20(17)23-19(25)16-9-8-15(30-16)13-24-10-6-7-11-24/h8-9H,4-7,10-13H2,1-3H3,(H,23,25). The van der Waals surface area contributed by atoms with Crippen molar-refractivity contribution >= 4 is 34.2 Å². The average Bonchev–Trinajstić information content (AvgIpc) is 3.48. The lowest BCUT2D eigenvalue weighted by Gasteiger charge is -2.11. The number of likely N-dealkylation sites (tertiary alicyclic amines) is 1. The molecule has 1 fully saturated rings. The molecule has 0 saturated carbocycles. The maximum Gasteiger partial charge on any atom is 0.348 e. The van der Waals surface area contributed by atoms with Crippen LogP contribution in [0.4, 0.5) is 5.00 Å². The van der Waals surface area contributed by atoms with Crippen LogP contribution < -0.4 is 5.32 Å². The highest BCUT2D eigenvalue weighted by atomic mass is 32.1. The number of rotatable bonds is 9. The van der Waals surface area contributed by atoms with Gasteiger partial charge in [0.2, 0.25) is 0 Å². The summed E-state index contributed by atoms with van der Waals surface area (Å²) in [4.78, 5) is 40.2. The molecular formula is C22H28N2O6S. The average molecular weight is 449 g/mol. The highest BCUT2D eigenvalue weighted by molar-refractivity contribution is 7.18. The van der Waals surface area contributed by atoms with Gasteiger partial charge < -0.3 is 19.2 Å². The zero-order valence-electron chi connectivity index (χ0n) is 18.1. The number of anilines is 1. The molecule has 1 N–H and O–H groups in total. The van der Waals surface area contributed by atoms with Gasteiger partial charge in [0.15, 0.2) is 5.76 Å². The molecule has 1 amide bonds. The maximum atomic E-state index is 12.8. The molecule has 0 aliphatic carbocycles. The number of esters is 2. The van der Waals surface area contributed by atoms with E-state index in [1.54, 1.807) is 26.0 Å². The quantitative estimate of drug-likeness (QED) is 0.573. The SMILES string of the molecule is CCCOC(=O)c1c(NC(=O)c2ccc(CN3CCCC3)o2)sc(C(=O)OCC)c1C. The first-order valence-electron chi connectivity index (χ1n) is 10.5. The molecule has 31 heavy (non-hydrogen) atoms. The Bertz CT molecular complexity index is 942. The molecule has 1 aliphatic heterocycles. The molecule has 2 aromatic rings. The Balaban J connectivity index is 1.80. The number of amides is 1. The second-order valence-electron chi connectivity index (χ2n) is 7.32. The largest absolute Gasteiger partial charge is 0.462 e. The van der Waals surface area contributed by atoms with Crippen molar-refractivity contribution in [2.75, 3.05) is 31.6 Å². The van der Waals surface area contributed by atoms with E-state index in [1.165, 1.54) is 12.8 Å². The van der Waals surface area contributed by atoms with E-state index in [0.29, 0.717) is 24.3 Å². The summed E-state index contributed by atoms with van der Waals surface area (Å²) in [6, 6.07) is 3.40. The molecule has 2 aromatic heterocycles. The molecular weight excluding hydrogens is 420 g/mol. The van der Waals surface area contributed by atoms with Crippen LogP contribution in [0, 0.1) is 6.92 Å². The lowest BCUT2D eigenvalue weighted by atomic mass is 10.1. The molecule has 8 nitrogen and oxygen atoms in total. The Labute approximate surface area is 185 Å². The molecule has 0 spiro atoms. The summed E-state index contributed by atoms with van der Waals surface area (Å²) in [5, 5.41) is 2.95. The maximum absolute atomic E-state index is 12.8. The van der Waals surface area contributed by atoms with Gasteiger partial charge in [0.25, 0.3) is 5.91 Å². The fraction of sp³-hybridized carbons (Fsp3) is 0.500. The second kappa shape index (κ2) is 10.6.